The highest BCUT2D eigenvalue weighted by atomic mass is 35.5. The number of carbonyl (C=O) groups is 1. The molecule has 0 saturated carbocycles. The summed E-state index contributed by atoms with van der Waals surface area (Å²) in [7, 11) is 0. The maximum atomic E-state index is 13.6. The molecule has 5 rings (SSSR count). The summed E-state index contributed by atoms with van der Waals surface area (Å²) in [6.07, 6.45) is 6.88. The lowest BCUT2D eigenvalue weighted by Crippen LogP contribution is -2.34. The average Bonchev–Trinajstić information content (AvgIpc) is 2.93. The first kappa shape index (κ1) is 38.1. The van der Waals surface area contributed by atoms with Crippen LogP contribution in [0.25, 0.3) is 0 Å². The molecular formula is C26H50ClF2N11O2. The number of piperidine rings is 2. The lowest BCUT2D eigenvalue weighted by Gasteiger charge is -2.30. The van der Waals surface area contributed by atoms with E-state index in [1.165, 1.54) is 12.8 Å². The monoisotopic (exact) mass is 621 g/mol. The third-order valence-corrected chi connectivity index (χ3v) is 6.60. The van der Waals surface area contributed by atoms with E-state index in [0.29, 0.717) is 29.2 Å². The van der Waals surface area contributed by atoms with Crippen LogP contribution < -0.4 is 45.0 Å². The number of hydrogen-bond acceptors (Lipinski definition) is 12. The largest absolute Gasteiger partial charge is 0.504 e. The van der Waals surface area contributed by atoms with E-state index in [1.54, 1.807) is 24.3 Å². The number of benzene rings is 2. The van der Waals surface area contributed by atoms with E-state index in [0.717, 1.165) is 64.0 Å². The number of nitrogens with zero attached hydrogens (tertiary/aromatic N) is 5. The molecule has 242 valence electrons. The summed E-state index contributed by atoms with van der Waals surface area (Å²) in [4.78, 5) is 31.0. The van der Waals surface area contributed by atoms with Crippen LogP contribution in [0.3, 0.4) is 0 Å². The molecule has 16 heteroatoms. The second kappa shape index (κ2) is 17.2. The number of aromatic nitrogens is 3. The Kier molecular flexibility index (Phi) is 15.6. The van der Waals surface area contributed by atoms with E-state index >= 15 is 0 Å². The number of carbonyl (C=O) groups excluding carboxylic acids is 1. The number of phenols is 1. The van der Waals surface area contributed by atoms with Gasteiger partial charge in [0.15, 0.2) is 11.6 Å². The summed E-state index contributed by atoms with van der Waals surface area (Å²) in [5, 5.41) is 15.6. The van der Waals surface area contributed by atoms with Gasteiger partial charge in [-0.3, -0.25) is 4.79 Å². The van der Waals surface area contributed by atoms with Crippen LogP contribution in [0.4, 0.5) is 38.0 Å². The molecule has 0 bridgehead atoms. The highest BCUT2D eigenvalue weighted by Gasteiger charge is 2.21. The van der Waals surface area contributed by atoms with Crippen molar-refractivity contribution >= 4 is 47.5 Å². The molecule has 2 aliphatic heterocycles. The normalized spacial score (nSPS) is 14.0. The third kappa shape index (κ3) is 8.80. The Bertz CT molecular complexity index is 1260. The molecule has 3 aromatic rings. The van der Waals surface area contributed by atoms with Crippen LogP contribution in [0.15, 0.2) is 36.4 Å². The van der Waals surface area contributed by atoms with Gasteiger partial charge in [0, 0.05) is 43.3 Å². The highest BCUT2D eigenvalue weighted by molar-refractivity contribution is 6.06. The lowest BCUT2D eigenvalue weighted by molar-refractivity contribution is 0.102. The number of phenolic OH excluding ortho intramolecular Hbond substituents is 1. The standard InChI is InChI=1S/C26H29F2N7O2.ClH.4H3N.4H2/c27-20-12-11-19(22(36)21(20)28)23(37)29-17-7-9-18(10-8-17)30-24-31-25(34-13-3-1-4-14-34)33-26(32-24)35-15-5-2-6-16-35;;;;;;;;;/h7-12,36H,1-6,13-16H2,(H,29,37)(H,30,31,32,33);1H;4*1H3;4*1H. The Morgan fingerprint density at radius 1 is 0.738 bits per heavy atom. The van der Waals surface area contributed by atoms with Crippen molar-refractivity contribution < 1.29 is 24.4 Å². The van der Waals surface area contributed by atoms with E-state index in [9.17, 15) is 18.7 Å². The number of nitrogens with one attached hydrogen (secondary N) is 2. The van der Waals surface area contributed by atoms with Crippen LogP contribution in [0.2, 0.25) is 0 Å². The fraction of sp³-hybridized carbons (Fsp3) is 0.385. The predicted octanol–water partition coefficient (Wildman–Crippen LogP) is 6.89. The molecule has 2 aromatic carbocycles. The number of rotatable bonds is 6. The lowest BCUT2D eigenvalue weighted by atomic mass is 10.1. The average molecular weight is 622 g/mol. The molecule has 13 nitrogen and oxygen atoms in total. The van der Waals surface area contributed by atoms with Crippen molar-refractivity contribution in [3.8, 4) is 5.75 Å². The fourth-order valence-electron chi connectivity index (χ4n) is 4.57. The van der Waals surface area contributed by atoms with E-state index < -0.39 is 23.3 Å². The van der Waals surface area contributed by atoms with Gasteiger partial charge in [-0.25, -0.2) is 4.39 Å². The second-order valence-electron chi connectivity index (χ2n) is 9.27. The number of aromatic hydroxyl groups is 1. The Hall–Kier alpha value is -3.89. The van der Waals surface area contributed by atoms with Gasteiger partial charge in [0.25, 0.3) is 5.91 Å². The molecule has 1 aromatic heterocycles. The first-order chi connectivity index (χ1) is 18.0. The van der Waals surface area contributed by atoms with Crippen molar-refractivity contribution in [3.63, 3.8) is 0 Å². The van der Waals surface area contributed by atoms with Gasteiger partial charge in [-0.05, 0) is 74.9 Å². The van der Waals surface area contributed by atoms with Crippen molar-refractivity contribution in [1.29, 1.82) is 0 Å². The van der Waals surface area contributed by atoms with E-state index in [2.05, 4.69) is 30.4 Å². The smallest absolute Gasteiger partial charge is 0.259 e. The Morgan fingerprint density at radius 2 is 1.21 bits per heavy atom. The van der Waals surface area contributed by atoms with Crippen molar-refractivity contribution in [2.45, 2.75) is 38.5 Å². The number of halogens is 3. The predicted molar refractivity (Wildman–Crippen MR) is 173 cm³/mol. The van der Waals surface area contributed by atoms with Gasteiger partial charge in [-0.15, -0.1) is 12.4 Å². The van der Waals surface area contributed by atoms with Crippen molar-refractivity contribution in [2.75, 3.05) is 46.6 Å². The summed E-state index contributed by atoms with van der Waals surface area (Å²) in [5.74, 6) is -2.68. The minimum atomic E-state index is -1.46. The summed E-state index contributed by atoms with van der Waals surface area (Å²) in [5.41, 5.74) is 0.758. The van der Waals surface area contributed by atoms with Crippen molar-refractivity contribution in [2.24, 2.45) is 0 Å². The molecule has 2 saturated heterocycles. The first-order valence-corrected chi connectivity index (χ1v) is 12.6. The van der Waals surface area contributed by atoms with E-state index in [-0.39, 0.29) is 48.3 Å². The SMILES string of the molecule is Cl.N.N.N.N.O=C(Nc1ccc(Nc2nc(N3CCCCC3)nc(N3CCCCC3)n2)cc1)c1ccc(F)c(F)c1O.[HH].[HH].[HH].[HH]. The van der Waals surface area contributed by atoms with Crippen LogP contribution in [0.1, 0.15) is 54.6 Å². The Morgan fingerprint density at radius 3 is 1.71 bits per heavy atom. The zero-order valence-corrected chi connectivity index (χ0v) is 24.4. The molecule has 1 amide bonds. The van der Waals surface area contributed by atoms with E-state index in [4.69, 9.17) is 4.98 Å². The summed E-state index contributed by atoms with van der Waals surface area (Å²) in [6.45, 7) is 3.69. The minimum absolute atomic E-state index is 0. The maximum Gasteiger partial charge on any atom is 0.259 e. The van der Waals surface area contributed by atoms with Crippen LogP contribution >= 0.6 is 12.4 Å². The van der Waals surface area contributed by atoms with Crippen LogP contribution in [0.5, 0.6) is 5.75 Å². The summed E-state index contributed by atoms with van der Waals surface area (Å²) >= 11 is 0. The van der Waals surface area contributed by atoms with Gasteiger partial charge in [-0.2, -0.15) is 19.3 Å². The maximum absolute atomic E-state index is 13.6. The molecule has 15 N–H and O–H groups in total. The molecule has 0 unspecified atom stereocenters. The molecule has 0 aliphatic carbocycles. The molecule has 0 radical (unpaired) electrons. The minimum Gasteiger partial charge on any atom is -0.504 e. The first-order valence-electron chi connectivity index (χ1n) is 12.6. The Labute approximate surface area is 256 Å². The molecule has 0 atom stereocenters. The molecular weight excluding hydrogens is 572 g/mol. The summed E-state index contributed by atoms with van der Waals surface area (Å²) < 4.78 is 26.9. The zero-order chi connectivity index (χ0) is 25.8. The summed E-state index contributed by atoms with van der Waals surface area (Å²) in [6, 6.07) is 8.60. The van der Waals surface area contributed by atoms with Gasteiger partial charge in [0.1, 0.15) is 0 Å². The Balaban J connectivity index is -0.000000623. The zero-order valence-electron chi connectivity index (χ0n) is 23.6. The molecule has 3 heterocycles. The third-order valence-electron chi connectivity index (χ3n) is 6.60. The van der Waals surface area contributed by atoms with Crippen molar-refractivity contribution in [3.05, 3.63) is 53.6 Å². The van der Waals surface area contributed by atoms with Crippen LogP contribution in [0, 0.1) is 11.6 Å². The fourth-order valence-corrected chi connectivity index (χ4v) is 4.57. The van der Waals surface area contributed by atoms with Gasteiger partial charge >= 0.3 is 0 Å². The van der Waals surface area contributed by atoms with Gasteiger partial charge in [0.05, 0.1) is 5.56 Å². The topological polar surface area (TPSA) is 247 Å². The van der Waals surface area contributed by atoms with E-state index in [1.807, 2.05) is 0 Å². The molecule has 2 aliphatic rings. The van der Waals surface area contributed by atoms with Gasteiger partial charge in [-0.1, -0.05) is 0 Å². The van der Waals surface area contributed by atoms with Crippen molar-refractivity contribution in [1.82, 2.24) is 39.6 Å². The quantitative estimate of drug-likeness (QED) is 0.149. The van der Waals surface area contributed by atoms with Crippen LogP contribution in [-0.2, 0) is 0 Å². The molecule has 0 spiro atoms. The number of hydrogen-bond donors (Lipinski definition) is 7. The second-order valence-corrected chi connectivity index (χ2v) is 9.27. The van der Waals surface area contributed by atoms with Gasteiger partial charge < -0.3 is 50.1 Å². The molecule has 2 fully saturated rings. The van der Waals surface area contributed by atoms with Gasteiger partial charge in [0.2, 0.25) is 23.7 Å². The highest BCUT2D eigenvalue weighted by Crippen LogP contribution is 2.26. The number of anilines is 5. The van der Waals surface area contributed by atoms with Crippen LogP contribution in [-0.4, -0.2) is 52.1 Å². The number of amides is 1. The molecule has 42 heavy (non-hydrogen) atoms.